The molecule has 92 valence electrons. The number of benzene rings is 1. The fraction of sp³-hybridized carbons (Fsp3) is 0.400. The summed E-state index contributed by atoms with van der Waals surface area (Å²) in [6.07, 6.45) is 4.58. The third kappa shape index (κ3) is 1.62. The summed E-state index contributed by atoms with van der Waals surface area (Å²) in [5.74, 6) is 0.742. The fourth-order valence-corrected chi connectivity index (χ4v) is 4.16. The number of rotatable bonds is 2. The second-order valence-corrected chi connectivity index (χ2v) is 6.25. The van der Waals surface area contributed by atoms with Crippen LogP contribution in [0, 0.1) is 0 Å². The summed E-state index contributed by atoms with van der Waals surface area (Å²) in [5, 5.41) is 3.32. The van der Waals surface area contributed by atoms with Crippen LogP contribution in [-0.2, 0) is 6.54 Å². The van der Waals surface area contributed by atoms with E-state index in [9.17, 15) is 0 Å². The van der Waals surface area contributed by atoms with Crippen molar-refractivity contribution in [3.8, 4) is 0 Å². The first-order valence-electron chi connectivity index (χ1n) is 6.63. The Morgan fingerprint density at radius 1 is 1.22 bits per heavy atom. The van der Waals surface area contributed by atoms with E-state index in [0.29, 0.717) is 6.04 Å². The minimum atomic E-state index is 0.620. The smallest absolute Gasteiger partial charge is 0.107 e. The summed E-state index contributed by atoms with van der Waals surface area (Å²) in [6.45, 7) is 2.23. The molecule has 2 aliphatic heterocycles. The molecule has 1 aliphatic carbocycles. The van der Waals surface area contributed by atoms with Gasteiger partial charge in [-0.15, -0.1) is 11.3 Å². The third-order valence-electron chi connectivity index (χ3n) is 4.30. The molecule has 1 aromatic heterocycles. The number of hydrogen-bond donors (Lipinski definition) is 0. The van der Waals surface area contributed by atoms with Crippen LogP contribution in [0.4, 0.5) is 0 Å². The Hall–Kier alpha value is -1.19. The molecule has 1 aromatic carbocycles. The zero-order valence-electron chi connectivity index (χ0n) is 10.2. The summed E-state index contributed by atoms with van der Waals surface area (Å²) in [7, 11) is 0. The molecule has 2 bridgehead atoms. The molecule has 1 saturated heterocycles. The van der Waals surface area contributed by atoms with Crippen LogP contribution in [0.1, 0.15) is 40.9 Å². The van der Waals surface area contributed by atoms with E-state index in [4.69, 9.17) is 0 Å². The van der Waals surface area contributed by atoms with E-state index < -0.39 is 0 Å². The lowest BCUT2D eigenvalue weighted by Gasteiger charge is -2.46. The van der Waals surface area contributed by atoms with Gasteiger partial charge in [-0.1, -0.05) is 24.3 Å². The van der Waals surface area contributed by atoms with Gasteiger partial charge in [-0.2, -0.15) is 0 Å². The number of hydrogen-bond acceptors (Lipinski definition) is 3. The quantitative estimate of drug-likeness (QED) is 0.816. The third-order valence-corrected chi connectivity index (χ3v) is 5.07. The van der Waals surface area contributed by atoms with Gasteiger partial charge in [0.2, 0.25) is 0 Å². The number of fused-ring (bicyclic) bond motifs is 2. The van der Waals surface area contributed by atoms with Gasteiger partial charge < -0.3 is 0 Å². The Labute approximate surface area is 111 Å². The molecule has 5 rings (SSSR count). The molecule has 3 heterocycles. The summed E-state index contributed by atoms with van der Waals surface area (Å²) in [4.78, 5) is 7.05. The molecule has 0 unspecified atom stereocenters. The molecular formula is C15H16N2S. The van der Waals surface area contributed by atoms with E-state index in [1.807, 2.05) is 6.20 Å². The monoisotopic (exact) mass is 256 g/mol. The van der Waals surface area contributed by atoms with E-state index in [1.54, 1.807) is 22.5 Å². The van der Waals surface area contributed by atoms with Crippen LogP contribution in [0.25, 0.3) is 0 Å². The Balaban J connectivity index is 1.66. The lowest BCUT2D eigenvalue weighted by atomic mass is 9.75. The van der Waals surface area contributed by atoms with Crippen LogP contribution in [0.2, 0.25) is 0 Å². The molecular weight excluding hydrogens is 240 g/mol. The standard InChI is InChI=1S/C15H16N2S/c1-2-4-13-12(3-1)11-5-6-14(13)17(9-11)10-15-16-7-8-18-15/h1-4,7-8,11,14H,5-6,9-10H2/t11-,14-/m0/s1. The average molecular weight is 256 g/mol. The largest absolute Gasteiger partial charge is 0.289 e. The molecule has 0 N–H and O–H groups in total. The fourth-order valence-electron chi connectivity index (χ4n) is 3.51. The lowest BCUT2D eigenvalue weighted by molar-refractivity contribution is 0.105. The van der Waals surface area contributed by atoms with Crippen LogP contribution in [-0.4, -0.2) is 16.4 Å². The zero-order chi connectivity index (χ0) is 11.9. The van der Waals surface area contributed by atoms with Gasteiger partial charge in [-0.3, -0.25) is 4.90 Å². The molecule has 0 saturated carbocycles. The van der Waals surface area contributed by atoms with Crippen molar-refractivity contribution in [3.63, 3.8) is 0 Å². The van der Waals surface area contributed by atoms with Crippen molar-refractivity contribution in [2.75, 3.05) is 6.54 Å². The maximum atomic E-state index is 4.43. The van der Waals surface area contributed by atoms with Gasteiger partial charge in [0.05, 0.1) is 6.54 Å². The highest BCUT2D eigenvalue weighted by atomic mass is 32.1. The highest BCUT2D eigenvalue weighted by Crippen LogP contribution is 2.46. The molecule has 0 amide bonds. The van der Waals surface area contributed by atoms with Gasteiger partial charge in [-0.05, 0) is 29.9 Å². The molecule has 0 spiro atoms. The van der Waals surface area contributed by atoms with E-state index in [-0.39, 0.29) is 0 Å². The Morgan fingerprint density at radius 3 is 2.94 bits per heavy atom. The van der Waals surface area contributed by atoms with Crippen molar-refractivity contribution in [2.45, 2.75) is 31.3 Å². The number of aromatic nitrogens is 1. The van der Waals surface area contributed by atoms with E-state index in [0.717, 1.165) is 12.5 Å². The van der Waals surface area contributed by atoms with E-state index in [1.165, 1.54) is 24.4 Å². The average Bonchev–Trinajstić information content (AvgIpc) is 2.93. The number of thiazole rings is 1. The van der Waals surface area contributed by atoms with Crippen LogP contribution in [0.5, 0.6) is 0 Å². The second-order valence-electron chi connectivity index (χ2n) is 5.27. The second kappa shape index (κ2) is 4.18. The Bertz CT molecular complexity index is 549. The summed E-state index contributed by atoms with van der Waals surface area (Å²) in [5.41, 5.74) is 3.17. The maximum Gasteiger partial charge on any atom is 0.107 e. The minimum absolute atomic E-state index is 0.620. The molecule has 1 fully saturated rings. The van der Waals surface area contributed by atoms with Crippen molar-refractivity contribution in [1.29, 1.82) is 0 Å². The first-order valence-corrected chi connectivity index (χ1v) is 7.51. The summed E-state index contributed by atoms with van der Waals surface area (Å²) >= 11 is 1.77. The number of piperidine rings is 1. The highest BCUT2D eigenvalue weighted by Gasteiger charge is 2.37. The Morgan fingerprint density at radius 2 is 2.11 bits per heavy atom. The van der Waals surface area contributed by atoms with Crippen molar-refractivity contribution in [2.24, 2.45) is 0 Å². The van der Waals surface area contributed by atoms with E-state index in [2.05, 4.69) is 39.5 Å². The highest BCUT2D eigenvalue weighted by molar-refractivity contribution is 7.09. The molecule has 2 aromatic rings. The van der Waals surface area contributed by atoms with Gasteiger partial charge in [-0.25, -0.2) is 4.98 Å². The van der Waals surface area contributed by atoms with Gasteiger partial charge in [0, 0.05) is 24.2 Å². The van der Waals surface area contributed by atoms with Gasteiger partial charge in [0.1, 0.15) is 5.01 Å². The first-order chi connectivity index (χ1) is 8.92. The molecule has 2 nitrogen and oxygen atoms in total. The van der Waals surface area contributed by atoms with Crippen molar-refractivity contribution in [1.82, 2.24) is 9.88 Å². The molecule has 3 aliphatic rings. The maximum absolute atomic E-state index is 4.43. The molecule has 18 heavy (non-hydrogen) atoms. The van der Waals surface area contributed by atoms with Crippen molar-refractivity contribution < 1.29 is 0 Å². The molecule has 3 heteroatoms. The van der Waals surface area contributed by atoms with Crippen molar-refractivity contribution in [3.05, 3.63) is 52.0 Å². The van der Waals surface area contributed by atoms with Crippen LogP contribution in [0.3, 0.4) is 0 Å². The topological polar surface area (TPSA) is 16.1 Å². The zero-order valence-corrected chi connectivity index (χ0v) is 11.1. The SMILES string of the molecule is c1ccc2c(c1)[C@H]1CC[C@@H]2N(Cc2nccs2)C1. The predicted molar refractivity (Wildman–Crippen MR) is 73.7 cm³/mol. The Kier molecular flexibility index (Phi) is 2.49. The number of nitrogens with zero attached hydrogens (tertiary/aromatic N) is 2. The summed E-state index contributed by atoms with van der Waals surface area (Å²) in [6, 6.07) is 9.63. The lowest BCUT2D eigenvalue weighted by Crippen LogP contribution is -2.41. The normalized spacial score (nSPS) is 26.2. The summed E-state index contributed by atoms with van der Waals surface area (Å²) < 4.78 is 0. The molecule has 2 atom stereocenters. The van der Waals surface area contributed by atoms with Crippen LogP contribution in [0.15, 0.2) is 35.8 Å². The van der Waals surface area contributed by atoms with Crippen LogP contribution >= 0.6 is 11.3 Å². The van der Waals surface area contributed by atoms with E-state index >= 15 is 0 Å². The van der Waals surface area contributed by atoms with Crippen LogP contribution < -0.4 is 0 Å². The van der Waals surface area contributed by atoms with Gasteiger partial charge >= 0.3 is 0 Å². The van der Waals surface area contributed by atoms with Crippen molar-refractivity contribution >= 4 is 11.3 Å². The molecule has 0 radical (unpaired) electrons. The minimum Gasteiger partial charge on any atom is -0.289 e. The first kappa shape index (κ1) is 10.7. The van der Waals surface area contributed by atoms with Gasteiger partial charge in [0.25, 0.3) is 0 Å². The predicted octanol–water partition coefficient (Wildman–Crippen LogP) is 3.58. The van der Waals surface area contributed by atoms with Gasteiger partial charge in [0.15, 0.2) is 0 Å².